The molecule has 0 radical (unpaired) electrons. The number of carbonyl (C=O) groups is 2. The maximum atomic E-state index is 12.2. The summed E-state index contributed by atoms with van der Waals surface area (Å²) in [6.07, 6.45) is 71.4. The second kappa shape index (κ2) is 48.7. The van der Waals surface area contributed by atoms with Gasteiger partial charge in [0.15, 0.2) is 6.10 Å². The van der Waals surface area contributed by atoms with Crippen LogP contribution in [0.15, 0.2) is 122 Å². The molecule has 0 fully saturated rings. The molecule has 0 aliphatic carbocycles. The van der Waals surface area contributed by atoms with E-state index in [-0.39, 0.29) is 25.2 Å². The maximum Gasteiger partial charge on any atom is 0.306 e. The van der Waals surface area contributed by atoms with E-state index in [0.29, 0.717) is 12.8 Å². The van der Waals surface area contributed by atoms with E-state index in [1.807, 2.05) is 0 Å². The van der Waals surface area contributed by atoms with Crippen LogP contribution in [0.2, 0.25) is 0 Å². The molecule has 0 heterocycles. The Hall–Kier alpha value is -3.70. The minimum atomic E-state index is -0.793. The lowest BCUT2D eigenvalue weighted by atomic mass is 10.1. The molecule has 0 saturated carbocycles. The Balaban J connectivity index is 3.67. The van der Waals surface area contributed by atoms with Crippen molar-refractivity contribution < 1.29 is 24.2 Å². The van der Waals surface area contributed by atoms with Crippen molar-refractivity contribution in [2.75, 3.05) is 13.2 Å². The molecule has 0 aromatic rings. The van der Waals surface area contributed by atoms with Crippen LogP contribution in [0.25, 0.3) is 0 Å². The van der Waals surface area contributed by atoms with Crippen LogP contribution in [-0.2, 0) is 19.1 Å². The Bertz CT molecular complexity index is 1240. The third-order valence-corrected chi connectivity index (χ3v) is 9.49. The molecule has 0 bridgehead atoms. The van der Waals surface area contributed by atoms with Gasteiger partial charge in [0.1, 0.15) is 6.61 Å². The topological polar surface area (TPSA) is 72.8 Å². The van der Waals surface area contributed by atoms with Gasteiger partial charge >= 0.3 is 11.9 Å². The number of aliphatic hydroxyl groups excluding tert-OH is 1. The van der Waals surface area contributed by atoms with Gasteiger partial charge in [-0.25, -0.2) is 0 Å². The zero-order valence-electron chi connectivity index (χ0n) is 37.7. The first-order valence-electron chi connectivity index (χ1n) is 23.6. The van der Waals surface area contributed by atoms with Crippen molar-refractivity contribution in [2.24, 2.45) is 0 Å². The van der Waals surface area contributed by atoms with Crippen LogP contribution >= 0.6 is 0 Å². The molecule has 0 amide bonds. The van der Waals surface area contributed by atoms with E-state index in [4.69, 9.17) is 9.47 Å². The van der Waals surface area contributed by atoms with Crippen LogP contribution in [0.1, 0.15) is 187 Å². The molecule has 0 aliphatic heterocycles. The van der Waals surface area contributed by atoms with E-state index in [1.54, 1.807) is 0 Å². The normalized spacial score (nSPS) is 13.3. The minimum Gasteiger partial charge on any atom is -0.462 e. The van der Waals surface area contributed by atoms with E-state index >= 15 is 0 Å². The summed E-state index contributed by atoms with van der Waals surface area (Å²) in [5.74, 6) is -0.635. The van der Waals surface area contributed by atoms with Crippen molar-refractivity contribution in [3.05, 3.63) is 122 Å². The summed E-state index contributed by atoms with van der Waals surface area (Å²) in [4.78, 5) is 24.3. The van der Waals surface area contributed by atoms with Gasteiger partial charge in [0.2, 0.25) is 0 Å². The zero-order chi connectivity index (χ0) is 42.8. The number of allylic oxidation sites excluding steroid dienone is 20. The van der Waals surface area contributed by atoms with Gasteiger partial charge in [0.25, 0.3) is 0 Å². The highest BCUT2D eigenvalue weighted by molar-refractivity contribution is 5.70. The molecule has 5 nitrogen and oxygen atoms in total. The van der Waals surface area contributed by atoms with Crippen LogP contribution in [0, 0.1) is 0 Å². The lowest BCUT2D eigenvalue weighted by Crippen LogP contribution is -2.28. The van der Waals surface area contributed by atoms with Gasteiger partial charge in [-0.15, -0.1) is 0 Å². The average molecular weight is 815 g/mol. The first-order chi connectivity index (χ1) is 29.1. The molecule has 0 spiro atoms. The molecule has 0 saturated heterocycles. The van der Waals surface area contributed by atoms with E-state index < -0.39 is 6.10 Å². The number of rotatable bonds is 41. The molecule has 332 valence electrons. The predicted molar refractivity (Wildman–Crippen MR) is 255 cm³/mol. The van der Waals surface area contributed by atoms with Crippen molar-refractivity contribution in [3.8, 4) is 0 Å². The molecule has 0 aliphatic rings. The van der Waals surface area contributed by atoms with E-state index in [2.05, 4.69) is 135 Å². The second-order valence-corrected chi connectivity index (χ2v) is 15.1. The SMILES string of the molecule is CC/C=C\C/C=C\C/C=C\C/C=C\C/C=C\C/C=C\C/C=C\C/C=C\C/C=C\CCCCCCCC(=O)OC(CO)COC(=O)CCCCCCC/C=C\CCCCC. The zero-order valence-corrected chi connectivity index (χ0v) is 37.7. The van der Waals surface area contributed by atoms with E-state index in [1.165, 1.54) is 38.5 Å². The summed E-state index contributed by atoms with van der Waals surface area (Å²) in [6.45, 7) is 3.96. The monoisotopic (exact) mass is 815 g/mol. The molecule has 0 aromatic carbocycles. The van der Waals surface area contributed by atoms with Crippen molar-refractivity contribution in [2.45, 2.75) is 193 Å². The van der Waals surface area contributed by atoms with Crippen LogP contribution in [0.5, 0.6) is 0 Å². The molecule has 0 aromatic heterocycles. The van der Waals surface area contributed by atoms with Gasteiger partial charge in [0, 0.05) is 12.8 Å². The van der Waals surface area contributed by atoms with Gasteiger partial charge in [0.05, 0.1) is 6.61 Å². The Kier molecular flexibility index (Phi) is 45.6. The van der Waals surface area contributed by atoms with Gasteiger partial charge in [-0.2, -0.15) is 0 Å². The summed E-state index contributed by atoms with van der Waals surface area (Å²) in [5, 5.41) is 9.58. The second-order valence-electron chi connectivity index (χ2n) is 15.1. The number of carbonyl (C=O) groups excluding carboxylic acids is 2. The van der Waals surface area contributed by atoms with Gasteiger partial charge in [-0.1, -0.05) is 187 Å². The number of ether oxygens (including phenoxy) is 2. The first-order valence-corrected chi connectivity index (χ1v) is 23.6. The lowest BCUT2D eigenvalue weighted by Gasteiger charge is -2.15. The lowest BCUT2D eigenvalue weighted by molar-refractivity contribution is -0.161. The summed E-state index contributed by atoms with van der Waals surface area (Å²) in [7, 11) is 0. The van der Waals surface area contributed by atoms with Crippen molar-refractivity contribution in [1.29, 1.82) is 0 Å². The fourth-order valence-corrected chi connectivity index (χ4v) is 5.95. The molecular formula is C54H86O5. The van der Waals surface area contributed by atoms with Crippen LogP contribution in [0.3, 0.4) is 0 Å². The van der Waals surface area contributed by atoms with E-state index in [0.717, 1.165) is 122 Å². The Morgan fingerprint density at radius 2 is 0.729 bits per heavy atom. The number of aliphatic hydroxyl groups is 1. The highest BCUT2D eigenvalue weighted by Crippen LogP contribution is 2.11. The highest BCUT2D eigenvalue weighted by Gasteiger charge is 2.16. The first kappa shape index (κ1) is 55.3. The summed E-state index contributed by atoms with van der Waals surface area (Å²) in [6, 6.07) is 0. The van der Waals surface area contributed by atoms with Gasteiger partial charge in [-0.05, 0) is 109 Å². The highest BCUT2D eigenvalue weighted by atomic mass is 16.6. The Morgan fingerprint density at radius 3 is 1.12 bits per heavy atom. The molecule has 59 heavy (non-hydrogen) atoms. The van der Waals surface area contributed by atoms with Crippen LogP contribution < -0.4 is 0 Å². The summed E-state index contributed by atoms with van der Waals surface area (Å²) in [5.41, 5.74) is 0. The number of esters is 2. The summed E-state index contributed by atoms with van der Waals surface area (Å²) < 4.78 is 10.6. The molecule has 5 heteroatoms. The Morgan fingerprint density at radius 1 is 0.407 bits per heavy atom. The quantitative estimate of drug-likeness (QED) is 0.0378. The van der Waals surface area contributed by atoms with Crippen LogP contribution in [-0.4, -0.2) is 36.4 Å². The molecule has 1 unspecified atom stereocenters. The number of hydrogen-bond donors (Lipinski definition) is 1. The standard InChI is InChI=1S/C54H86O5/c1-3-5-7-9-11-13-15-17-18-19-20-21-22-23-24-25-26-27-28-29-30-31-32-33-34-35-36-37-39-41-43-45-47-49-54(57)59-52(50-55)51-58-53(56)48-46-44-42-40-38-16-14-12-10-8-6-4-2/h5,7,11-14,17-18,20-21,23-24,26-27,29-30,32-33,35-36,52,55H,3-4,6,8-10,15-16,19,22,25,28,31,34,37-51H2,1-2H3/b7-5-,13-11-,14-12-,18-17-,21-20-,24-23-,27-26-,30-29-,33-32-,36-35-. The largest absolute Gasteiger partial charge is 0.462 e. The molecular weight excluding hydrogens is 729 g/mol. The smallest absolute Gasteiger partial charge is 0.306 e. The van der Waals surface area contributed by atoms with Crippen molar-refractivity contribution >= 4 is 11.9 Å². The third-order valence-electron chi connectivity index (χ3n) is 9.49. The van der Waals surface area contributed by atoms with E-state index in [9.17, 15) is 14.7 Å². The maximum absolute atomic E-state index is 12.2. The summed E-state index contributed by atoms with van der Waals surface area (Å²) >= 11 is 0. The minimum absolute atomic E-state index is 0.0856. The number of unbranched alkanes of at least 4 members (excludes halogenated alkanes) is 13. The number of hydrogen-bond acceptors (Lipinski definition) is 5. The molecule has 0 rings (SSSR count). The molecule has 1 N–H and O–H groups in total. The van der Waals surface area contributed by atoms with Crippen molar-refractivity contribution in [1.82, 2.24) is 0 Å². The fraction of sp³-hybridized carbons (Fsp3) is 0.593. The Labute approximate surface area is 363 Å². The fourth-order valence-electron chi connectivity index (χ4n) is 5.95. The van der Waals surface area contributed by atoms with Crippen molar-refractivity contribution in [3.63, 3.8) is 0 Å². The molecule has 1 atom stereocenters. The van der Waals surface area contributed by atoms with Crippen LogP contribution in [0.4, 0.5) is 0 Å². The average Bonchev–Trinajstić information content (AvgIpc) is 3.24. The van der Waals surface area contributed by atoms with Gasteiger partial charge < -0.3 is 14.6 Å². The third kappa shape index (κ3) is 46.9. The predicted octanol–water partition coefficient (Wildman–Crippen LogP) is 15.6. The van der Waals surface area contributed by atoms with Gasteiger partial charge in [-0.3, -0.25) is 9.59 Å².